The first-order valence-corrected chi connectivity index (χ1v) is 9.29. The number of aromatic nitrogens is 2. The molecule has 28 heavy (non-hydrogen) atoms. The fourth-order valence-corrected chi connectivity index (χ4v) is 3.56. The van der Waals surface area contributed by atoms with Crippen molar-refractivity contribution in [2.24, 2.45) is 5.92 Å². The predicted octanol–water partition coefficient (Wildman–Crippen LogP) is 3.30. The van der Waals surface area contributed by atoms with Gasteiger partial charge in [0.25, 0.3) is 0 Å². The first-order chi connectivity index (χ1) is 13.7. The summed E-state index contributed by atoms with van der Waals surface area (Å²) in [6.45, 7) is 0.828. The highest BCUT2D eigenvalue weighted by Crippen LogP contribution is 2.36. The van der Waals surface area contributed by atoms with Crippen molar-refractivity contribution in [3.05, 3.63) is 65.9 Å². The number of H-pyrrole nitrogens is 1. The molecule has 0 radical (unpaired) electrons. The van der Waals surface area contributed by atoms with E-state index < -0.39 is 0 Å². The summed E-state index contributed by atoms with van der Waals surface area (Å²) in [5.74, 6) is 1.31. The SMILES string of the molecule is COc1cccc2c1OCC(C(=O)N(C)Cc1cc(-c3ccccc3)n[nH]1)C2. The van der Waals surface area contributed by atoms with E-state index in [2.05, 4.69) is 10.2 Å². The third kappa shape index (κ3) is 3.58. The third-order valence-electron chi connectivity index (χ3n) is 5.01. The van der Waals surface area contributed by atoms with Crippen molar-refractivity contribution in [3.63, 3.8) is 0 Å². The predicted molar refractivity (Wildman–Crippen MR) is 106 cm³/mol. The van der Waals surface area contributed by atoms with Gasteiger partial charge in [-0.15, -0.1) is 0 Å². The molecule has 6 heteroatoms. The highest BCUT2D eigenvalue weighted by molar-refractivity contribution is 5.79. The molecule has 1 aliphatic heterocycles. The van der Waals surface area contributed by atoms with E-state index in [1.807, 2.05) is 61.6 Å². The number of fused-ring (bicyclic) bond motifs is 1. The van der Waals surface area contributed by atoms with Crippen LogP contribution >= 0.6 is 0 Å². The van der Waals surface area contributed by atoms with Crippen LogP contribution in [0.25, 0.3) is 11.3 Å². The minimum atomic E-state index is -0.207. The molecule has 1 atom stereocenters. The highest BCUT2D eigenvalue weighted by atomic mass is 16.5. The summed E-state index contributed by atoms with van der Waals surface area (Å²) in [6.07, 6.45) is 0.647. The fourth-order valence-electron chi connectivity index (χ4n) is 3.56. The van der Waals surface area contributed by atoms with Gasteiger partial charge in [0.2, 0.25) is 5.91 Å². The molecule has 0 spiro atoms. The number of amides is 1. The van der Waals surface area contributed by atoms with Gasteiger partial charge in [-0.05, 0) is 24.1 Å². The van der Waals surface area contributed by atoms with Crippen molar-refractivity contribution in [1.29, 1.82) is 0 Å². The lowest BCUT2D eigenvalue weighted by Gasteiger charge is -2.28. The molecule has 0 saturated carbocycles. The lowest BCUT2D eigenvalue weighted by atomic mass is 9.95. The van der Waals surface area contributed by atoms with Crippen LogP contribution in [0, 0.1) is 5.92 Å². The molecule has 4 rings (SSSR count). The summed E-state index contributed by atoms with van der Waals surface area (Å²) in [4.78, 5) is 14.6. The summed E-state index contributed by atoms with van der Waals surface area (Å²) in [5.41, 5.74) is 3.82. The van der Waals surface area contributed by atoms with Crippen LogP contribution in [-0.2, 0) is 17.8 Å². The maximum absolute atomic E-state index is 12.9. The Morgan fingerprint density at radius 2 is 2.07 bits per heavy atom. The molecule has 6 nitrogen and oxygen atoms in total. The van der Waals surface area contributed by atoms with Gasteiger partial charge in [-0.1, -0.05) is 42.5 Å². The van der Waals surface area contributed by atoms with Crippen LogP contribution in [0.5, 0.6) is 11.5 Å². The van der Waals surface area contributed by atoms with Crippen LogP contribution in [-0.4, -0.2) is 41.8 Å². The van der Waals surface area contributed by atoms with E-state index in [1.54, 1.807) is 12.0 Å². The van der Waals surface area contributed by atoms with E-state index in [4.69, 9.17) is 9.47 Å². The van der Waals surface area contributed by atoms with E-state index in [-0.39, 0.29) is 11.8 Å². The minimum absolute atomic E-state index is 0.0596. The quantitative estimate of drug-likeness (QED) is 0.741. The van der Waals surface area contributed by atoms with E-state index in [0.717, 1.165) is 28.3 Å². The maximum Gasteiger partial charge on any atom is 0.229 e. The lowest BCUT2D eigenvalue weighted by Crippen LogP contribution is -2.38. The Bertz CT molecular complexity index is 968. The van der Waals surface area contributed by atoms with Gasteiger partial charge in [-0.3, -0.25) is 9.89 Å². The number of carbonyl (C=O) groups excluding carboxylic acids is 1. The van der Waals surface area contributed by atoms with Crippen molar-refractivity contribution >= 4 is 5.91 Å². The standard InChI is InChI=1S/C22H23N3O3/c1-25(13-18-12-19(24-23-18)15-7-4-3-5-8-15)22(26)17-11-16-9-6-10-20(27-2)21(16)28-14-17/h3-10,12,17H,11,13-14H2,1-2H3,(H,23,24). The third-order valence-corrected chi connectivity index (χ3v) is 5.01. The number of ether oxygens (including phenoxy) is 2. The molecular formula is C22H23N3O3. The number of nitrogens with one attached hydrogen (secondary N) is 1. The van der Waals surface area contributed by atoms with Gasteiger partial charge in [-0.2, -0.15) is 5.10 Å². The molecule has 1 unspecified atom stereocenters. The second kappa shape index (κ2) is 7.76. The van der Waals surface area contributed by atoms with E-state index in [0.29, 0.717) is 25.3 Å². The second-order valence-electron chi connectivity index (χ2n) is 7.00. The maximum atomic E-state index is 12.9. The van der Waals surface area contributed by atoms with Crippen LogP contribution in [0.1, 0.15) is 11.3 Å². The molecule has 2 aromatic carbocycles. The second-order valence-corrected chi connectivity index (χ2v) is 7.00. The molecule has 0 fully saturated rings. The number of nitrogens with zero attached hydrogens (tertiary/aromatic N) is 2. The van der Waals surface area contributed by atoms with Crippen LogP contribution in [0.15, 0.2) is 54.6 Å². The van der Waals surface area contributed by atoms with Gasteiger partial charge in [0.15, 0.2) is 11.5 Å². The van der Waals surface area contributed by atoms with Gasteiger partial charge in [0.05, 0.1) is 31.0 Å². The monoisotopic (exact) mass is 377 g/mol. The van der Waals surface area contributed by atoms with Crippen molar-refractivity contribution in [3.8, 4) is 22.8 Å². The molecule has 1 aromatic heterocycles. The molecule has 0 bridgehead atoms. The molecule has 1 aliphatic rings. The molecule has 3 aromatic rings. The summed E-state index contributed by atoms with van der Waals surface area (Å²) in [5, 5.41) is 7.39. The lowest BCUT2D eigenvalue weighted by molar-refractivity contribution is -0.136. The zero-order chi connectivity index (χ0) is 19.5. The van der Waals surface area contributed by atoms with Crippen molar-refractivity contribution in [1.82, 2.24) is 15.1 Å². The largest absolute Gasteiger partial charge is 0.493 e. The number of para-hydroxylation sites is 1. The van der Waals surface area contributed by atoms with Crippen LogP contribution in [0.3, 0.4) is 0 Å². The van der Waals surface area contributed by atoms with Crippen molar-refractivity contribution < 1.29 is 14.3 Å². The minimum Gasteiger partial charge on any atom is -0.493 e. The van der Waals surface area contributed by atoms with Gasteiger partial charge in [0.1, 0.15) is 6.61 Å². The summed E-state index contributed by atoms with van der Waals surface area (Å²) >= 11 is 0. The Hall–Kier alpha value is -3.28. The molecule has 2 heterocycles. The molecule has 0 aliphatic carbocycles. The number of benzene rings is 2. The first kappa shape index (κ1) is 18.1. The molecule has 0 saturated heterocycles. The topological polar surface area (TPSA) is 67.5 Å². The smallest absolute Gasteiger partial charge is 0.229 e. The molecule has 1 amide bonds. The zero-order valence-corrected chi connectivity index (χ0v) is 16.0. The number of methoxy groups -OCH3 is 1. The highest BCUT2D eigenvalue weighted by Gasteiger charge is 2.30. The van der Waals surface area contributed by atoms with E-state index in [1.165, 1.54) is 0 Å². The Morgan fingerprint density at radius 1 is 1.25 bits per heavy atom. The van der Waals surface area contributed by atoms with Gasteiger partial charge in [-0.25, -0.2) is 0 Å². The Kier molecular flexibility index (Phi) is 5.02. The van der Waals surface area contributed by atoms with Crippen LogP contribution in [0.4, 0.5) is 0 Å². The van der Waals surface area contributed by atoms with Gasteiger partial charge in [0, 0.05) is 12.6 Å². The number of hydrogen-bond donors (Lipinski definition) is 1. The molecule has 1 N–H and O–H groups in total. The number of hydrogen-bond acceptors (Lipinski definition) is 4. The zero-order valence-electron chi connectivity index (χ0n) is 16.0. The summed E-state index contributed by atoms with van der Waals surface area (Å²) in [7, 11) is 3.44. The fraction of sp³-hybridized carbons (Fsp3) is 0.273. The van der Waals surface area contributed by atoms with Crippen molar-refractivity contribution in [2.45, 2.75) is 13.0 Å². The van der Waals surface area contributed by atoms with Gasteiger partial charge >= 0.3 is 0 Å². The average Bonchev–Trinajstić information content (AvgIpc) is 3.21. The molecule has 144 valence electrons. The first-order valence-electron chi connectivity index (χ1n) is 9.29. The Morgan fingerprint density at radius 3 is 2.86 bits per heavy atom. The average molecular weight is 377 g/mol. The number of rotatable bonds is 5. The molecular weight excluding hydrogens is 354 g/mol. The van der Waals surface area contributed by atoms with E-state index in [9.17, 15) is 4.79 Å². The van der Waals surface area contributed by atoms with Crippen LogP contribution < -0.4 is 9.47 Å². The van der Waals surface area contributed by atoms with Crippen molar-refractivity contribution in [2.75, 3.05) is 20.8 Å². The normalized spacial score (nSPS) is 15.4. The van der Waals surface area contributed by atoms with E-state index >= 15 is 0 Å². The Balaban J connectivity index is 1.42. The number of aromatic amines is 1. The van der Waals surface area contributed by atoms with Crippen LogP contribution in [0.2, 0.25) is 0 Å². The Labute approximate surface area is 164 Å². The van der Waals surface area contributed by atoms with Gasteiger partial charge < -0.3 is 14.4 Å². The summed E-state index contributed by atoms with van der Waals surface area (Å²) in [6, 6.07) is 17.7. The number of carbonyl (C=O) groups is 1. The summed E-state index contributed by atoms with van der Waals surface area (Å²) < 4.78 is 11.2.